The van der Waals surface area contributed by atoms with E-state index in [-0.39, 0.29) is 22.2 Å². The zero-order chi connectivity index (χ0) is 16.6. The topological polar surface area (TPSA) is 71.5 Å². The fourth-order valence-corrected chi connectivity index (χ4v) is 3.34. The number of hydrogen-bond acceptors (Lipinski definition) is 4. The zero-order valence-corrected chi connectivity index (χ0v) is 14.1. The Morgan fingerprint density at radius 1 is 1.48 bits per heavy atom. The van der Waals surface area contributed by atoms with Gasteiger partial charge in [0.1, 0.15) is 11.4 Å². The molecule has 1 fully saturated rings. The summed E-state index contributed by atoms with van der Waals surface area (Å²) in [5.41, 5.74) is 0.973. The third-order valence-corrected chi connectivity index (χ3v) is 4.81. The molecule has 2 atom stereocenters. The first kappa shape index (κ1) is 16.1. The number of halogens is 2. The summed E-state index contributed by atoms with van der Waals surface area (Å²) in [5, 5.41) is 13.3. The number of fused-ring (bicyclic) bond motifs is 1. The van der Waals surface area contributed by atoms with Gasteiger partial charge in [0.05, 0.1) is 21.8 Å². The first-order valence-electron chi connectivity index (χ1n) is 7.30. The molecule has 5 nitrogen and oxygen atoms in total. The quantitative estimate of drug-likeness (QED) is 0.840. The molecule has 1 aliphatic carbocycles. The second-order valence-corrected chi connectivity index (χ2v) is 6.50. The normalized spacial score (nSPS) is 20.8. The second kappa shape index (κ2) is 6.41. The minimum atomic E-state index is -1.07. The van der Waals surface area contributed by atoms with Crippen LogP contribution in [0.3, 0.4) is 0 Å². The van der Waals surface area contributed by atoms with Gasteiger partial charge in [0, 0.05) is 30.8 Å². The number of nitrogens with zero attached hydrogens (tertiary/aromatic N) is 1. The van der Waals surface area contributed by atoms with Gasteiger partial charge in [0.2, 0.25) is 0 Å². The number of aromatic carboxylic acids is 1. The highest BCUT2D eigenvalue weighted by molar-refractivity contribution is 9.10. The molecule has 1 aromatic heterocycles. The van der Waals surface area contributed by atoms with E-state index in [9.17, 15) is 14.3 Å². The number of methoxy groups -OCH3 is 1. The van der Waals surface area contributed by atoms with E-state index in [2.05, 4.69) is 26.2 Å². The molecule has 122 valence electrons. The maximum Gasteiger partial charge on any atom is 0.339 e. The first-order valence-corrected chi connectivity index (χ1v) is 8.09. The summed E-state index contributed by atoms with van der Waals surface area (Å²) in [4.78, 5) is 15.6. The number of pyridine rings is 1. The summed E-state index contributed by atoms with van der Waals surface area (Å²) in [6.45, 7) is 0. The van der Waals surface area contributed by atoms with Crippen molar-refractivity contribution in [3.8, 4) is 0 Å². The molecule has 0 radical (unpaired) electrons. The summed E-state index contributed by atoms with van der Waals surface area (Å²) >= 11 is 3.15. The van der Waals surface area contributed by atoms with Crippen molar-refractivity contribution in [3.05, 3.63) is 34.2 Å². The number of carboxylic acid groups (broad SMARTS) is 1. The maximum absolute atomic E-state index is 13.7. The van der Waals surface area contributed by atoms with Gasteiger partial charge in [0.15, 0.2) is 0 Å². The van der Waals surface area contributed by atoms with Crippen LogP contribution in [0.4, 0.5) is 10.1 Å². The Labute approximate surface area is 141 Å². The summed E-state index contributed by atoms with van der Waals surface area (Å²) < 4.78 is 19.3. The SMILES string of the molecule is COC1CC[C@H](Nc2c(C(=O)O)cnc3cc(F)c(Br)cc23)C1. The molecule has 1 saturated carbocycles. The summed E-state index contributed by atoms with van der Waals surface area (Å²) in [6, 6.07) is 2.98. The molecule has 0 bridgehead atoms. The van der Waals surface area contributed by atoms with Crippen molar-refractivity contribution in [2.75, 3.05) is 12.4 Å². The fourth-order valence-electron chi connectivity index (χ4n) is 2.99. The van der Waals surface area contributed by atoms with Crippen LogP contribution in [-0.2, 0) is 4.74 Å². The third-order valence-electron chi connectivity index (χ3n) is 4.21. The second-order valence-electron chi connectivity index (χ2n) is 5.65. The van der Waals surface area contributed by atoms with Crippen molar-refractivity contribution in [1.82, 2.24) is 4.98 Å². The van der Waals surface area contributed by atoms with Crippen molar-refractivity contribution in [3.63, 3.8) is 0 Å². The highest BCUT2D eigenvalue weighted by atomic mass is 79.9. The number of ether oxygens (including phenoxy) is 1. The van der Waals surface area contributed by atoms with Crippen molar-refractivity contribution in [1.29, 1.82) is 0 Å². The molecule has 1 aromatic carbocycles. The Morgan fingerprint density at radius 2 is 2.26 bits per heavy atom. The number of nitrogens with one attached hydrogen (secondary N) is 1. The fraction of sp³-hybridized carbons (Fsp3) is 0.375. The lowest BCUT2D eigenvalue weighted by atomic mass is 10.1. The minimum absolute atomic E-state index is 0.0804. The molecular weight excluding hydrogens is 367 g/mol. The Morgan fingerprint density at radius 3 is 2.91 bits per heavy atom. The number of anilines is 1. The molecule has 0 saturated heterocycles. The smallest absolute Gasteiger partial charge is 0.339 e. The zero-order valence-electron chi connectivity index (χ0n) is 12.5. The molecule has 2 aromatic rings. The minimum Gasteiger partial charge on any atom is -0.478 e. The monoisotopic (exact) mass is 382 g/mol. The number of rotatable bonds is 4. The van der Waals surface area contributed by atoms with Gasteiger partial charge in [-0.1, -0.05) is 0 Å². The number of aromatic nitrogens is 1. The van der Waals surface area contributed by atoms with Crippen molar-refractivity contribution in [2.24, 2.45) is 0 Å². The Kier molecular flexibility index (Phi) is 4.50. The Balaban J connectivity index is 2.06. The molecule has 1 aliphatic rings. The van der Waals surface area contributed by atoms with Crippen LogP contribution in [0.25, 0.3) is 10.9 Å². The number of carbonyl (C=O) groups is 1. The van der Waals surface area contributed by atoms with E-state index >= 15 is 0 Å². The highest BCUT2D eigenvalue weighted by Gasteiger charge is 2.26. The van der Waals surface area contributed by atoms with E-state index in [0.717, 1.165) is 19.3 Å². The van der Waals surface area contributed by atoms with Gasteiger partial charge >= 0.3 is 5.97 Å². The van der Waals surface area contributed by atoms with Crippen LogP contribution in [0.2, 0.25) is 0 Å². The van der Waals surface area contributed by atoms with Gasteiger partial charge in [-0.05, 0) is 41.3 Å². The van der Waals surface area contributed by atoms with Gasteiger partial charge in [-0.3, -0.25) is 4.98 Å². The Bertz CT molecular complexity index is 769. The van der Waals surface area contributed by atoms with Crippen molar-refractivity contribution in [2.45, 2.75) is 31.4 Å². The molecule has 23 heavy (non-hydrogen) atoms. The molecule has 0 aliphatic heterocycles. The van der Waals surface area contributed by atoms with E-state index in [4.69, 9.17) is 4.74 Å². The van der Waals surface area contributed by atoms with Crippen LogP contribution in [-0.4, -0.2) is 35.3 Å². The molecular formula is C16H16BrFN2O3. The predicted octanol–water partition coefficient (Wildman–Crippen LogP) is 3.81. The lowest BCUT2D eigenvalue weighted by Crippen LogP contribution is -2.19. The Hall–Kier alpha value is -1.73. The average molecular weight is 383 g/mol. The van der Waals surface area contributed by atoms with E-state index in [1.54, 1.807) is 13.2 Å². The van der Waals surface area contributed by atoms with E-state index < -0.39 is 11.8 Å². The van der Waals surface area contributed by atoms with Crippen LogP contribution in [0.5, 0.6) is 0 Å². The summed E-state index contributed by atoms with van der Waals surface area (Å²) in [5.74, 6) is -1.50. The molecule has 0 amide bonds. The summed E-state index contributed by atoms with van der Waals surface area (Å²) in [6.07, 6.45) is 4.07. The van der Waals surface area contributed by atoms with Crippen molar-refractivity contribution < 1.29 is 19.0 Å². The molecule has 1 heterocycles. The third kappa shape index (κ3) is 3.16. The van der Waals surface area contributed by atoms with Crippen LogP contribution in [0.1, 0.15) is 29.6 Å². The molecule has 0 spiro atoms. The van der Waals surface area contributed by atoms with E-state index in [1.165, 1.54) is 12.3 Å². The average Bonchev–Trinajstić information content (AvgIpc) is 2.96. The molecule has 1 unspecified atom stereocenters. The molecule has 7 heteroatoms. The van der Waals surface area contributed by atoms with Gasteiger partial charge in [-0.25, -0.2) is 9.18 Å². The number of benzene rings is 1. The van der Waals surface area contributed by atoms with Crippen LogP contribution >= 0.6 is 15.9 Å². The lowest BCUT2D eigenvalue weighted by Gasteiger charge is -2.18. The van der Waals surface area contributed by atoms with E-state index in [1.807, 2.05) is 0 Å². The number of carboxylic acids is 1. The van der Waals surface area contributed by atoms with Crippen LogP contribution in [0, 0.1) is 5.82 Å². The molecule has 3 rings (SSSR count). The van der Waals surface area contributed by atoms with E-state index in [0.29, 0.717) is 16.6 Å². The largest absolute Gasteiger partial charge is 0.478 e. The number of hydrogen-bond donors (Lipinski definition) is 2. The predicted molar refractivity (Wildman–Crippen MR) is 88.4 cm³/mol. The first-order chi connectivity index (χ1) is 11.0. The molecule has 2 N–H and O–H groups in total. The van der Waals surface area contributed by atoms with Gasteiger partial charge in [-0.2, -0.15) is 0 Å². The van der Waals surface area contributed by atoms with Crippen LogP contribution in [0.15, 0.2) is 22.8 Å². The van der Waals surface area contributed by atoms with Crippen LogP contribution < -0.4 is 5.32 Å². The highest BCUT2D eigenvalue weighted by Crippen LogP contribution is 2.33. The van der Waals surface area contributed by atoms with Gasteiger partial charge < -0.3 is 15.2 Å². The van der Waals surface area contributed by atoms with Gasteiger partial charge in [-0.15, -0.1) is 0 Å². The standard InChI is InChI=1S/C16H16BrFN2O3/c1-23-9-3-2-8(4-9)20-15-10-5-12(17)13(18)6-14(10)19-7-11(15)16(21)22/h5-9H,2-4H2,1H3,(H,19,20)(H,21,22)/t8-,9?/m0/s1. The van der Waals surface area contributed by atoms with Gasteiger partial charge in [0.25, 0.3) is 0 Å². The van der Waals surface area contributed by atoms with Crippen molar-refractivity contribution >= 4 is 38.5 Å². The maximum atomic E-state index is 13.7. The summed E-state index contributed by atoms with van der Waals surface area (Å²) in [7, 11) is 1.68. The lowest BCUT2D eigenvalue weighted by molar-refractivity contribution is 0.0697.